The van der Waals surface area contributed by atoms with Gasteiger partial charge in [-0.15, -0.1) is 0 Å². The van der Waals surface area contributed by atoms with Crippen molar-refractivity contribution in [3.63, 3.8) is 0 Å². The van der Waals surface area contributed by atoms with Crippen LogP contribution in [0.15, 0.2) is 84.9 Å². The summed E-state index contributed by atoms with van der Waals surface area (Å²) in [7, 11) is 4.94. The van der Waals surface area contributed by atoms with Crippen LogP contribution in [0, 0.1) is 0 Å². The monoisotopic (exact) mass is 424 g/mol. The van der Waals surface area contributed by atoms with Crippen LogP contribution in [0.25, 0.3) is 16.8 Å². The summed E-state index contributed by atoms with van der Waals surface area (Å²) >= 11 is 0. The molecule has 1 unspecified atom stereocenters. The van der Waals surface area contributed by atoms with E-state index in [0.29, 0.717) is 11.5 Å². The Kier molecular flexibility index (Phi) is 4.98. The van der Waals surface area contributed by atoms with Gasteiger partial charge in [0.05, 0.1) is 21.3 Å². The third-order valence-corrected chi connectivity index (χ3v) is 6.02. The summed E-state index contributed by atoms with van der Waals surface area (Å²) in [6, 6.07) is 26.3. The zero-order valence-corrected chi connectivity index (χ0v) is 18.3. The molecule has 5 rings (SSSR count). The predicted octanol–water partition coefficient (Wildman–Crippen LogP) is 6.22. The third-order valence-electron chi connectivity index (χ3n) is 6.02. The lowest BCUT2D eigenvalue weighted by Gasteiger charge is -2.36. The van der Waals surface area contributed by atoms with E-state index in [1.54, 1.807) is 21.3 Å². The first-order valence-electron chi connectivity index (χ1n) is 10.5. The van der Waals surface area contributed by atoms with Crippen LogP contribution in [0.1, 0.15) is 16.7 Å². The maximum absolute atomic E-state index is 6.82. The fourth-order valence-electron chi connectivity index (χ4n) is 4.33. The van der Waals surface area contributed by atoms with Crippen LogP contribution in [0.3, 0.4) is 0 Å². The average Bonchev–Trinajstić information content (AvgIpc) is 2.87. The second kappa shape index (κ2) is 7.97. The fraction of sp³-hybridized carbons (Fsp3) is 0.143. The van der Waals surface area contributed by atoms with Crippen LogP contribution in [-0.2, 0) is 5.60 Å². The second-order valence-electron chi connectivity index (χ2n) is 7.67. The van der Waals surface area contributed by atoms with E-state index in [1.807, 2.05) is 54.6 Å². The minimum atomic E-state index is -0.832. The molecule has 1 aliphatic rings. The highest BCUT2D eigenvalue weighted by atomic mass is 16.5. The van der Waals surface area contributed by atoms with Gasteiger partial charge in [-0.05, 0) is 53.3 Å². The summed E-state index contributed by atoms with van der Waals surface area (Å²) < 4.78 is 23.2. The van der Waals surface area contributed by atoms with Gasteiger partial charge in [0, 0.05) is 16.7 Å². The smallest absolute Gasteiger partial charge is 0.178 e. The van der Waals surface area contributed by atoms with Crippen molar-refractivity contribution in [1.29, 1.82) is 0 Å². The molecule has 0 saturated carbocycles. The molecule has 0 radical (unpaired) electrons. The first-order valence-corrected chi connectivity index (χ1v) is 10.5. The van der Waals surface area contributed by atoms with E-state index in [2.05, 4.69) is 36.4 Å². The van der Waals surface area contributed by atoms with Crippen LogP contribution < -0.4 is 18.9 Å². The number of benzene rings is 4. The molecule has 0 saturated heterocycles. The summed E-state index contributed by atoms with van der Waals surface area (Å²) in [6.45, 7) is 0. The molecule has 0 amide bonds. The van der Waals surface area contributed by atoms with Gasteiger partial charge in [0.25, 0.3) is 0 Å². The Morgan fingerprint density at radius 3 is 2.19 bits per heavy atom. The first-order chi connectivity index (χ1) is 15.7. The second-order valence-corrected chi connectivity index (χ2v) is 7.67. The number of fused-ring (bicyclic) bond motifs is 3. The molecule has 4 aromatic carbocycles. The molecule has 0 bridgehead atoms. The Bertz CT molecular complexity index is 1310. The minimum Gasteiger partial charge on any atom is -0.497 e. The highest BCUT2D eigenvalue weighted by molar-refractivity contribution is 5.94. The summed E-state index contributed by atoms with van der Waals surface area (Å²) in [5.41, 5.74) is 2.17. The Hall–Kier alpha value is -3.92. The van der Waals surface area contributed by atoms with Gasteiger partial charge in [0.2, 0.25) is 0 Å². The number of methoxy groups -OCH3 is 3. The lowest BCUT2D eigenvalue weighted by molar-refractivity contribution is 0.160. The molecule has 160 valence electrons. The summed E-state index contributed by atoms with van der Waals surface area (Å²) in [4.78, 5) is 0. The molecular weight excluding hydrogens is 400 g/mol. The van der Waals surface area contributed by atoms with Gasteiger partial charge in [-0.1, -0.05) is 48.5 Å². The van der Waals surface area contributed by atoms with Crippen molar-refractivity contribution in [1.82, 2.24) is 0 Å². The molecule has 32 heavy (non-hydrogen) atoms. The van der Waals surface area contributed by atoms with Crippen LogP contribution in [0.5, 0.6) is 23.0 Å². The maximum Gasteiger partial charge on any atom is 0.178 e. The lowest BCUT2D eigenvalue weighted by Crippen LogP contribution is -2.34. The van der Waals surface area contributed by atoms with Gasteiger partial charge < -0.3 is 18.9 Å². The molecular formula is C28H24O4. The van der Waals surface area contributed by atoms with Crippen molar-refractivity contribution in [3.8, 4) is 23.0 Å². The Morgan fingerprint density at radius 1 is 0.688 bits per heavy atom. The van der Waals surface area contributed by atoms with Crippen molar-refractivity contribution >= 4 is 16.8 Å². The minimum absolute atomic E-state index is 0.652. The van der Waals surface area contributed by atoms with Crippen LogP contribution in [-0.4, -0.2) is 21.3 Å². The van der Waals surface area contributed by atoms with Gasteiger partial charge in [-0.2, -0.15) is 0 Å². The highest BCUT2D eigenvalue weighted by Gasteiger charge is 2.38. The van der Waals surface area contributed by atoms with Crippen LogP contribution >= 0.6 is 0 Å². The van der Waals surface area contributed by atoms with Crippen molar-refractivity contribution in [2.45, 2.75) is 5.60 Å². The van der Waals surface area contributed by atoms with E-state index in [0.717, 1.165) is 33.6 Å². The molecule has 1 aliphatic heterocycles. The number of ether oxygens (including phenoxy) is 4. The Morgan fingerprint density at radius 2 is 1.44 bits per heavy atom. The molecule has 0 spiro atoms. The molecule has 0 aliphatic carbocycles. The van der Waals surface area contributed by atoms with E-state index >= 15 is 0 Å². The Balaban J connectivity index is 1.72. The van der Waals surface area contributed by atoms with Crippen LogP contribution in [0.2, 0.25) is 0 Å². The molecule has 4 heteroatoms. The van der Waals surface area contributed by atoms with Crippen molar-refractivity contribution in [2.75, 3.05) is 21.3 Å². The van der Waals surface area contributed by atoms with Crippen molar-refractivity contribution in [3.05, 3.63) is 102 Å². The maximum atomic E-state index is 6.82. The largest absolute Gasteiger partial charge is 0.497 e. The number of hydrogen-bond acceptors (Lipinski definition) is 4. The topological polar surface area (TPSA) is 36.9 Å². The fourth-order valence-corrected chi connectivity index (χ4v) is 4.33. The lowest BCUT2D eigenvalue weighted by atomic mass is 9.83. The van der Waals surface area contributed by atoms with E-state index in [-0.39, 0.29) is 0 Å². The third kappa shape index (κ3) is 3.16. The van der Waals surface area contributed by atoms with E-state index < -0.39 is 5.60 Å². The van der Waals surface area contributed by atoms with Crippen LogP contribution in [0.4, 0.5) is 0 Å². The average molecular weight is 424 g/mol. The van der Waals surface area contributed by atoms with Crippen molar-refractivity contribution in [2.24, 2.45) is 0 Å². The number of hydrogen-bond donors (Lipinski definition) is 0. The molecule has 4 nitrogen and oxygen atoms in total. The number of rotatable bonds is 5. The Labute approximate surface area is 187 Å². The first kappa shape index (κ1) is 20.0. The van der Waals surface area contributed by atoms with Gasteiger partial charge in [-0.3, -0.25) is 0 Å². The molecule has 0 fully saturated rings. The van der Waals surface area contributed by atoms with Gasteiger partial charge >= 0.3 is 0 Å². The van der Waals surface area contributed by atoms with Crippen molar-refractivity contribution < 1.29 is 18.9 Å². The quantitative estimate of drug-likeness (QED) is 0.381. The molecule has 1 heterocycles. The molecule has 1 atom stereocenters. The molecule has 0 N–H and O–H groups in total. The van der Waals surface area contributed by atoms with Gasteiger partial charge in [0.1, 0.15) is 11.5 Å². The van der Waals surface area contributed by atoms with Gasteiger partial charge in [-0.25, -0.2) is 0 Å². The molecule has 0 aromatic heterocycles. The predicted molar refractivity (Wildman–Crippen MR) is 127 cm³/mol. The normalized spacial score (nSPS) is 16.8. The standard InChI is InChI=1S/C28H24O4/c1-29-22-12-9-20(10-13-22)28(21-11-15-26(30-2)27(18-21)31-3)17-16-24-23-7-5-4-6-19(23)8-14-25(24)32-28/h4-18H,1-3H3. The molecule has 4 aromatic rings. The summed E-state index contributed by atoms with van der Waals surface area (Å²) in [5.74, 6) is 2.95. The SMILES string of the molecule is COc1ccc(C2(c3ccc(OC)c(OC)c3)C=Cc3c(ccc4ccccc34)O2)cc1. The van der Waals surface area contributed by atoms with E-state index in [9.17, 15) is 0 Å². The van der Waals surface area contributed by atoms with E-state index in [1.165, 1.54) is 5.39 Å². The highest BCUT2D eigenvalue weighted by Crippen LogP contribution is 2.46. The summed E-state index contributed by atoms with van der Waals surface area (Å²) in [6.07, 6.45) is 4.27. The summed E-state index contributed by atoms with van der Waals surface area (Å²) in [5, 5.41) is 2.35. The van der Waals surface area contributed by atoms with E-state index in [4.69, 9.17) is 18.9 Å². The zero-order valence-electron chi connectivity index (χ0n) is 18.3. The van der Waals surface area contributed by atoms with Gasteiger partial charge in [0.15, 0.2) is 17.1 Å². The zero-order chi connectivity index (χ0) is 22.1.